The van der Waals surface area contributed by atoms with Gasteiger partial charge in [-0.1, -0.05) is 44.2 Å². The summed E-state index contributed by atoms with van der Waals surface area (Å²) < 4.78 is 0. The molecule has 1 aliphatic rings. The fourth-order valence-corrected chi connectivity index (χ4v) is 3.40. The van der Waals surface area contributed by atoms with Crippen LogP contribution in [0.5, 0.6) is 0 Å². The third kappa shape index (κ3) is 4.01. The number of carbonyl (C=O) groups excluding carboxylic acids is 3. The SMILES string of the molecule is Cc1ccc(NC(=O)CN2C(=O)N[C@](C)(c3ccc(C(C)C)cc3)C2=O)cc1C. The number of urea groups is 1. The average molecular weight is 393 g/mol. The molecule has 1 fully saturated rings. The number of aryl methyl sites for hydroxylation is 2. The Morgan fingerprint density at radius 1 is 1.07 bits per heavy atom. The number of carbonyl (C=O) groups is 3. The number of nitrogens with one attached hydrogen (secondary N) is 2. The monoisotopic (exact) mass is 393 g/mol. The molecule has 0 radical (unpaired) electrons. The predicted octanol–water partition coefficient (Wildman–Crippen LogP) is 3.83. The van der Waals surface area contributed by atoms with E-state index in [0.717, 1.165) is 21.6 Å². The molecule has 4 amide bonds. The van der Waals surface area contributed by atoms with Gasteiger partial charge in [-0.05, 0) is 61.1 Å². The van der Waals surface area contributed by atoms with Crippen molar-refractivity contribution in [3.8, 4) is 0 Å². The second kappa shape index (κ2) is 7.70. The fourth-order valence-electron chi connectivity index (χ4n) is 3.40. The number of imide groups is 1. The summed E-state index contributed by atoms with van der Waals surface area (Å²) in [5.74, 6) is -0.484. The molecule has 3 rings (SSSR count). The summed E-state index contributed by atoms with van der Waals surface area (Å²) in [5.41, 5.74) is 3.47. The van der Waals surface area contributed by atoms with Crippen LogP contribution >= 0.6 is 0 Å². The van der Waals surface area contributed by atoms with Crippen molar-refractivity contribution in [2.24, 2.45) is 0 Å². The molecular weight excluding hydrogens is 366 g/mol. The van der Waals surface area contributed by atoms with Crippen molar-refractivity contribution in [3.63, 3.8) is 0 Å². The molecule has 6 nitrogen and oxygen atoms in total. The van der Waals surface area contributed by atoms with Crippen LogP contribution in [-0.2, 0) is 15.1 Å². The lowest BCUT2D eigenvalue weighted by molar-refractivity contribution is -0.133. The van der Waals surface area contributed by atoms with Gasteiger partial charge in [-0.3, -0.25) is 14.5 Å². The molecule has 0 aliphatic carbocycles. The van der Waals surface area contributed by atoms with Crippen molar-refractivity contribution >= 4 is 23.5 Å². The molecule has 0 bridgehead atoms. The van der Waals surface area contributed by atoms with E-state index in [-0.39, 0.29) is 6.54 Å². The van der Waals surface area contributed by atoms with E-state index >= 15 is 0 Å². The number of hydrogen-bond acceptors (Lipinski definition) is 3. The Balaban J connectivity index is 1.74. The van der Waals surface area contributed by atoms with E-state index in [4.69, 9.17) is 0 Å². The van der Waals surface area contributed by atoms with E-state index in [1.165, 1.54) is 0 Å². The summed E-state index contributed by atoms with van der Waals surface area (Å²) in [5, 5.41) is 5.49. The van der Waals surface area contributed by atoms with Crippen LogP contribution in [0.25, 0.3) is 0 Å². The molecule has 0 aromatic heterocycles. The van der Waals surface area contributed by atoms with E-state index in [1.54, 1.807) is 13.0 Å². The molecule has 152 valence electrons. The third-order valence-corrected chi connectivity index (χ3v) is 5.52. The van der Waals surface area contributed by atoms with Gasteiger partial charge in [-0.2, -0.15) is 0 Å². The second-order valence-corrected chi connectivity index (χ2v) is 8.07. The Morgan fingerprint density at radius 3 is 2.31 bits per heavy atom. The fraction of sp³-hybridized carbons (Fsp3) is 0.348. The molecule has 0 unspecified atom stereocenters. The first-order valence-corrected chi connectivity index (χ1v) is 9.73. The zero-order chi connectivity index (χ0) is 21.3. The number of amides is 4. The normalized spacial score (nSPS) is 18.9. The smallest absolute Gasteiger partial charge is 0.325 e. The number of benzene rings is 2. The Hall–Kier alpha value is -3.15. The summed E-state index contributed by atoms with van der Waals surface area (Å²) >= 11 is 0. The minimum absolute atomic E-state index is 0.336. The summed E-state index contributed by atoms with van der Waals surface area (Å²) in [6, 6.07) is 12.6. The van der Waals surface area contributed by atoms with Crippen molar-refractivity contribution in [1.29, 1.82) is 0 Å². The second-order valence-electron chi connectivity index (χ2n) is 8.07. The lowest BCUT2D eigenvalue weighted by atomic mass is 9.90. The Morgan fingerprint density at radius 2 is 1.72 bits per heavy atom. The van der Waals surface area contributed by atoms with Crippen LogP contribution in [0.1, 0.15) is 48.9 Å². The zero-order valence-electron chi connectivity index (χ0n) is 17.5. The van der Waals surface area contributed by atoms with Crippen molar-refractivity contribution in [1.82, 2.24) is 10.2 Å². The van der Waals surface area contributed by atoms with Crippen LogP contribution in [0.15, 0.2) is 42.5 Å². The largest absolute Gasteiger partial charge is 0.325 e. The molecule has 1 heterocycles. The molecule has 29 heavy (non-hydrogen) atoms. The van der Waals surface area contributed by atoms with Gasteiger partial charge >= 0.3 is 6.03 Å². The van der Waals surface area contributed by atoms with Crippen molar-refractivity contribution in [2.75, 3.05) is 11.9 Å². The number of nitrogens with zero attached hydrogens (tertiary/aromatic N) is 1. The molecular formula is C23H27N3O3. The van der Waals surface area contributed by atoms with E-state index in [0.29, 0.717) is 17.2 Å². The number of hydrogen-bond donors (Lipinski definition) is 2. The van der Waals surface area contributed by atoms with Gasteiger partial charge in [-0.15, -0.1) is 0 Å². The quantitative estimate of drug-likeness (QED) is 0.758. The van der Waals surface area contributed by atoms with Crippen LogP contribution in [-0.4, -0.2) is 29.3 Å². The highest BCUT2D eigenvalue weighted by molar-refractivity contribution is 6.10. The Labute approximate surface area is 171 Å². The van der Waals surface area contributed by atoms with Crippen molar-refractivity contribution < 1.29 is 14.4 Å². The summed E-state index contributed by atoms with van der Waals surface area (Å²) in [6.45, 7) is 9.46. The summed E-state index contributed by atoms with van der Waals surface area (Å²) in [4.78, 5) is 38.9. The first kappa shape index (κ1) is 20.6. The van der Waals surface area contributed by atoms with Crippen LogP contribution < -0.4 is 10.6 Å². The van der Waals surface area contributed by atoms with Gasteiger partial charge in [0.25, 0.3) is 5.91 Å². The third-order valence-electron chi connectivity index (χ3n) is 5.52. The van der Waals surface area contributed by atoms with Crippen LogP contribution in [0.2, 0.25) is 0 Å². The first-order valence-electron chi connectivity index (χ1n) is 9.73. The van der Waals surface area contributed by atoms with E-state index < -0.39 is 23.4 Å². The standard InChI is InChI=1S/C23H27N3O3/c1-14(2)17-7-9-18(10-8-17)23(5)21(28)26(22(29)25-23)13-20(27)24-19-11-6-15(3)16(4)12-19/h6-12,14H,13H2,1-5H3,(H,24,27)(H,25,29)/t23-/m1/s1. The van der Waals surface area contributed by atoms with E-state index in [1.807, 2.05) is 50.2 Å². The lowest BCUT2D eigenvalue weighted by Gasteiger charge is -2.22. The Bertz CT molecular complexity index is 966. The van der Waals surface area contributed by atoms with Gasteiger partial charge in [0.15, 0.2) is 0 Å². The lowest BCUT2D eigenvalue weighted by Crippen LogP contribution is -2.42. The minimum Gasteiger partial charge on any atom is -0.325 e. The van der Waals surface area contributed by atoms with Gasteiger partial charge in [0.05, 0.1) is 0 Å². The minimum atomic E-state index is -1.19. The van der Waals surface area contributed by atoms with Gasteiger partial charge < -0.3 is 10.6 Å². The van der Waals surface area contributed by atoms with Crippen molar-refractivity contribution in [2.45, 2.75) is 46.1 Å². The predicted molar refractivity (Wildman–Crippen MR) is 113 cm³/mol. The highest BCUT2D eigenvalue weighted by Crippen LogP contribution is 2.30. The van der Waals surface area contributed by atoms with Crippen LogP contribution in [0, 0.1) is 13.8 Å². The average Bonchev–Trinajstić information content (AvgIpc) is 2.89. The van der Waals surface area contributed by atoms with Crippen LogP contribution in [0.4, 0.5) is 10.5 Å². The molecule has 1 atom stereocenters. The first-order chi connectivity index (χ1) is 13.6. The van der Waals surface area contributed by atoms with E-state index in [9.17, 15) is 14.4 Å². The van der Waals surface area contributed by atoms with Gasteiger partial charge in [-0.25, -0.2) is 4.79 Å². The maximum atomic E-state index is 13.0. The molecule has 2 N–H and O–H groups in total. The highest BCUT2D eigenvalue weighted by atomic mass is 16.2. The van der Waals surface area contributed by atoms with Gasteiger partial charge in [0.1, 0.15) is 12.1 Å². The van der Waals surface area contributed by atoms with Crippen LogP contribution in [0.3, 0.4) is 0 Å². The molecule has 0 saturated carbocycles. The summed E-state index contributed by atoms with van der Waals surface area (Å²) in [7, 11) is 0. The van der Waals surface area contributed by atoms with E-state index in [2.05, 4.69) is 24.5 Å². The molecule has 2 aromatic rings. The number of rotatable bonds is 5. The summed E-state index contributed by atoms with van der Waals surface area (Å²) in [6.07, 6.45) is 0. The number of anilines is 1. The molecule has 1 aliphatic heterocycles. The Kier molecular flexibility index (Phi) is 5.46. The molecule has 6 heteroatoms. The zero-order valence-corrected chi connectivity index (χ0v) is 17.5. The maximum absolute atomic E-state index is 13.0. The van der Waals surface area contributed by atoms with Crippen molar-refractivity contribution in [3.05, 3.63) is 64.7 Å². The molecule has 1 saturated heterocycles. The molecule has 2 aromatic carbocycles. The topological polar surface area (TPSA) is 78.5 Å². The van der Waals surface area contributed by atoms with Gasteiger partial charge in [0, 0.05) is 5.69 Å². The molecule has 0 spiro atoms. The highest BCUT2D eigenvalue weighted by Gasteiger charge is 2.49. The van der Waals surface area contributed by atoms with Gasteiger partial charge in [0.2, 0.25) is 5.91 Å². The maximum Gasteiger partial charge on any atom is 0.325 e.